The van der Waals surface area contributed by atoms with E-state index in [0.29, 0.717) is 22.3 Å². The summed E-state index contributed by atoms with van der Waals surface area (Å²) in [5.74, 6) is 0.815. The normalized spacial score (nSPS) is 12.0. The number of urea groups is 1. The van der Waals surface area contributed by atoms with Gasteiger partial charge in [0.15, 0.2) is 5.82 Å². The van der Waals surface area contributed by atoms with E-state index in [1.807, 2.05) is 0 Å². The Morgan fingerprint density at radius 2 is 2.19 bits per heavy atom. The standard InChI is InChI=1S/C13H15ClN4O3/c1-8-17-12(21-18-8)7-16-13(20)15-6-11(19)9-4-2-3-5-10(9)14/h2-5,11,19H,6-7H2,1H3,(H2,15,16,20). The van der Waals surface area contributed by atoms with Crippen LogP contribution in [0.25, 0.3) is 0 Å². The van der Waals surface area contributed by atoms with Crippen molar-refractivity contribution in [2.45, 2.75) is 19.6 Å². The molecule has 1 aromatic carbocycles. The lowest BCUT2D eigenvalue weighted by Crippen LogP contribution is -2.37. The minimum Gasteiger partial charge on any atom is -0.387 e. The number of nitrogens with one attached hydrogen (secondary N) is 2. The van der Waals surface area contributed by atoms with Gasteiger partial charge >= 0.3 is 6.03 Å². The Balaban J connectivity index is 1.77. The van der Waals surface area contributed by atoms with Crippen LogP contribution in [0.1, 0.15) is 23.4 Å². The van der Waals surface area contributed by atoms with Gasteiger partial charge in [-0.25, -0.2) is 4.79 Å². The van der Waals surface area contributed by atoms with E-state index in [2.05, 4.69) is 20.8 Å². The Kier molecular flexibility index (Phi) is 5.13. The molecule has 0 radical (unpaired) electrons. The Bertz CT molecular complexity index is 617. The number of halogens is 1. The van der Waals surface area contributed by atoms with E-state index in [1.54, 1.807) is 31.2 Å². The summed E-state index contributed by atoms with van der Waals surface area (Å²) in [6.07, 6.45) is -0.880. The molecule has 1 heterocycles. The van der Waals surface area contributed by atoms with Gasteiger partial charge < -0.3 is 20.3 Å². The van der Waals surface area contributed by atoms with E-state index >= 15 is 0 Å². The predicted molar refractivity (Wildman–Crippen MR) is 75.7 cm³/mol. The molecule has 0 saturated carbocycles. The number of aromatic nitrogens is 2. The molecule has 21 heavy (non-hydrogen) atoms. The second kappa shape index (κ2) is 7.05. The molecule has 3 N–H and O–H groups in total. The molecular formula is C13H15ClN4O3. The second-order valence-corrected chi connectivity index (χ2v) is 4.74. The maximum Gasteiger partial charge on any atom is 0.315 e. The molecule has 2 amide bonds. The highest BCUT2D eigenvalue weighted by atomic mass is 35.5. The van der Waals surface area contributed by atoms with Crippen LogP contribution < -0.4 is 10.6 Å². The molecule has 0 aliphatic carbocycles. The van der Waals surface area contributed by atoms with Crippen LogP contribution in [0.2, 0.25) is 5.02 Å². The van der Waals surface area contributed by atoms with Gasteiger partial charge in [-0.3, -0.25) is 0 Å². The van der Waals surface area contributed by atoms with E-state index in [1.165, 1.54) is 0 Å². The fourth-order valence-corrected chi connectivity index (χ4v) is 1.94. The Morgan fingerprint density at radius 1 is 1.43 bits per heavy atom. The van der Waals surface area contributed by atoms with Crippen LogP contribution in [-0.4, -0.2) is 27.8 Å². The molecular weight excluding hydrogens is 296 g/mol. The highest BCUT2D eigenvalue weighted by molar-refractivity contribution is 6.31. The molecule has 0 aliphatic rings. The zero-order valence-electron chi connectivity index (χ0n) is 11.3. The van der Waals surface area contributed by atoms with Gasteiger partial charge in [0.1, 0.15) is 0 Å². The average Bonchev–Trinajstić information content (AvgIpc) is 2.89. The lowest BCUT2D eigenvalue weighted by molar-refractivity contribution is 0.173. The van der Waals surface area contributed by atoms with Gasteiger partial charge in [0, 0.05) is 17.1 Å². The first kappa shape index (κ1) is 15.3. The average molecular weight is 311 g/mol. The van der Waals surface area contributed by atoms with Gasteiger partial charge in [0.2, 0.25) is 5.89 Å². The van der Waals surface area contributed by atoms with Crippen LogP contribution in [0.15, 0.2) is 28.8 Å². The summed E-state index contributed by atoms with van der Waals surface area (Å²) in [6.45, 7) is 1.85. The van der Waals surface area contributed by atoms with Crippen LogP contribution >= 0.6 is 11.6 Å². The summed E-state index contributed by atoms with van der Waals surface area (Å²) in [7, 11) is 0. The lowest BCUT2D eigenvalue weighted by atomic mass is 10.1. The molecule has 0 aliphatic heterocycles. The quantitative estimate of drug-likeness (QED) is 0.778. The number of rotatable bonds is 5. The predicted octanol–water partition coefficient (Wildman–Crippen LogP) is 1.56. The molecule has 1 atom stereocenters. The SMILES string of the molecule is Cc1noc(CNC(=O)NCC(O)c2ccccc2Cl)n1. The summed E-state index contributed by atoms with van der Waals surface area (Å²) >= 11 is 5.96. The van der Waals surface area contributed by atoms with Crippen molar-refractivity contribution in [3.05, 3.63) is 46.6 Å². The van der Waals surface area contributed by atoms with Gasteiger partial charge in [0.25, 0.3) is 0 Å². The van der Waals surface area contributed by atoms with Crippen LogP contribution in [0.4, 0.5) is 4.79 Å². The molecule has 0 saturated heterocycles. The molecule has 0 fully saturated rings. The highest BCUT2D eigenvalue weighted by Crippen LogP contribution is 2.21. The van der Waals surface area contributed by atoms with E-state index in [0.717, 1.165) is 0 Å². The molecule has 0 bridgehead atoms. The van der Waals surface area contributed by atoms with Crippen molar-refractivity contribution in [1.29, 1.82) is 0 Å². The van der Waals surface area contributed by atoms with E-state index in [4.69, 9.17) is 16.1 Å². The molecule has 7 nitrogen and oxygen atoms in total. The Morgan fingerprint density at radius 3 is 2.86 bits per heavy atom. The summed E-state index contributed by atoms with van der Waals surface area (Å²) in [6, 6.07) is 6.47. The Labute approximate surface area is 126 Å². The van der Waals surface area contributed by atoms with Gasteiger partial charge in [-0.15, -0.1) is 0 Å². The minimum absolute atomic E-state index is 0.0401. The van der Waals surface area contributed by atoms with Crippen molar-refractivity contribution in [2.75, 3.05) is 6.54 Å². The van der Waals surface area contributed by atoms with Crippen molar-refractivity contribution in [2.24, 2.45) is 0 Å². The number of aliphatic hydroxyl groups is 1. The third kappa shape index (κ3) is 4.44. The van der Waals surface area contributed by atoms with Gasteiger partial charge in [-0.05, 0) is 13.0 Å². The van der Waals surface area contributed by atoms with Crippen LogP contribution in [0.3, 0.4) is 0 Å². The molecule has 112 valence electrons. The van der Waals surface area contributed by atoms with Crippen LogP contribution in [0, 0.1) is 6.92 Å². The lowest BCUT2D eigenvalue weighted by Gasteiger charge is -2.13. The number of aliphatic hydroxyl groups excluding tert-OH is 1. The van der Waals surface area contributed by atoms with Crippen molar-refractivity contribution in [3.63, 3.8) is 0 Å². The summed E-state index contributed by atoms with van der Waals surface area (Å²) in [5.41, 5.74) is 0.562. The highest BCUT2D eigenvalue weighted by Gasteiger charge is 2.12. The summed E-state index contributed by atoms with van der Waals surface area (Å²) in [5, 5.41) is 19.1. The smallest absolute Gasteiger partial charge is 0.315 e. The summed E-state index contributed by atoms with van der Waals surface area (Å²) in [4.78, 5) is 15.5. The van der Waals surface area contributed by atoms with Gasteiger partial charge in [-0.1, -0.05) is 35.0 Å². The third-order valence-electron chi connectivity index (χ3n) is 2.69. The fourth-order valence-electron chi connectivity index (χ4n) is 1.67. The molecule has 8 heteroatoms. The van der Waals surface area contributed by atoms with Crippen molar-refractivity contribution < 1.29 is 14.4 Å². The largest absolute Gasteiger partial charge is 0.387 e. The first-order valence-electron chi connectivity index (χ1n) is 6.29. The van der Waals surface area contributed by atoms with Gasteiger partial charge in [0.05, 0.1) is 12.6 Å². The zero-order valence-corrected chi connectivity index (χ0v) is 12.1. The van der Waals surface area contributed by atoms with Gasteiger partial charge in [-0.2, -0.15) is 4.98 Å². The van der Waals surface area contributed by atoms with E-state index in [9.17, 15) is 9.90 Å². The monoisotopic (exact) mass is 310 g/mol. The molecule has 0 spiro atoms. The number of nitrogens with zero attached hydrogens (tertiary/aromatic N) is 2. The second-order valence-electron chi connectivity index (χ2n) is 4.34. The summed E-state index contributed by atoms with van der Waals surface area (Å²) < 4.78 is 4.85. The number of carbonyl (C=O) groups is 1. The van der Waals surface area contributed by atoms with E-state index in [-0.39, 0.29) is 13.1 Å². The maximum atomic E-state index is 11.6. The van der Waals surface area contributed by atoms with Crippen LogP contribution in [0.5, 0.6) is 0 Å². The number of aryl methyl sites for hydroxylation is 1. The molecule has 2 aromatic rings. The molecule has 2 rings (SSSR count). The van der Waals surface area contributed by atoms with Crippen LogP contribution in [-0.2, 0) is 6.54 Å². The Hall–Kier alpha value is -2.12. The van der Waals surface area contributed by atoms with Crippen molar-refractivity contribution in [1.82, 2.24) is 20.8 Å². The number of hydrogen-bond donors (Lipinski definition) is 3. The number of amides is 2. The number of benzene rings is 1. The molecule has 1 unspecified atom stereocenters. The fraction of sp³-hybridized carbons (Fsp3) is 0.308. The van der Waals surface area contributed by atoms with Crippen molar-refractivity contribution in [3.8, 4) is 0 Å². The molecule has 1 aromatic heterocycles. The van der Waals surface area contributed by atoms with E-state index < -0.39 is 12.1 Å². The maximum absolute atomic E-state index is 11.6. The first-order chi connectivity index (χ1) is 10.1. The topological polar surface area (TPSA) is 100 Å². The zero-order chi connectivity index (χ0) is 15.2. The third-order valence-corrected chi connectivity index (χ3v) is 3.03. The van der Waals surface area contributed by atoms with Crippen molar-refractivity contribution >= 4 is 17.6 Å². The number of carbonyl (C=O) groups excluding carboxylic acids is 1. The first-order valence-corrected chi connectivity index (χ1v) is 6.67. The minimum atomic E-state index is -0.880. The number of hydrogen-bond acceptors (Lipinski definition) is 5.